The fourth-order valence-corrected chi connectivity index (χ4v) is 1.70. The van der Waals surface area contributed by atoms with E-state index in [0.717, 1.165) is 0 Å². The summed E-state index contributed by atoms with van der Waals surface area (Å²) in [6.45, 7) is 0. The smallest absolute Gasteiger partial charge is 0.193 e. The van der Waals surface area contributed by atoms with Crippen LogP contribution in [0, 0.1) is 0 Å². The first-order valence-corrected chi connectivity index (χ1v) is 5.57. The van der Waals surface area contributed by atoms with Crippen molar-refractivity contribution in [3.63, 3.8) is 0 Å². The molecule has 19 heavy (non-hydrogen) atoms. The van der Waals surface area contributed by atoms with Crippen molar-refractivity contribution in [2.45, 2.75) is 0 Å². The highest BCUT2D eigenvalue weighted by Gasteiger charge is 2.10. The van der Waals surface area contributed by atoms with E-state index in [2.05, 4.69) is 0 Å². The second kappa shape index (κ2) is 6.81. The first kappa shape index (κ1) is 15.1. The third kappa shape index (κ3) is 3.48. The highest BCUT2D eigenvalue weighted by molar-refractivity contribution is 6.09. The van der Waals surface area contributed by atoms with Crippen molar-refractivity contribution >= 4 is 18.2 Å². The maximum absolute atomic E-state index is 12.3. The first-order valence-electron chi connectivity index (χ1n) is 5.57. The summed E-state index contributed by atoms with van der Waals surface area (Å²) in [4.78, 5) is 12.3. The average molecular weight is 279 g/mol. The zero-order valence-electron chi connectivity index (χ0n) is 10.8. The predicted octanol–water partition coefficient (Wildman–Crippen LogP) is 3.36. The largest absolute Gasteiger partial charge is 0.497 e. The molecule has 0 spiro atoms. The second-order valence-electron chi connectivity index (χ2n) is 3.79. The second-order valence-corrected chi connectivity index (χ2v) is 3.79. The Morgan fingerprint density at radius 2 is 1.26 bits per heavy atom. The Bertz CT molecular complexity index is 517. The third-order valence-electron chi connectivity index (χ3n) is 2.66. The Hall–Kier alpha value is -2.00. The van der Waals surface area contributed by atoms with Gasteiger partial charge in [0.2, 0.25) is 0 Å². The van der Waals surface area contributed by atoms with Gasteiger partial charge in [-0.1, -0.05) is 24.3 Å². The zero-order valence-corrected chi connectivity index (χ0v) is 11.6. The number of hydrogen-bond donors (Lipinski definition) is 0. The number of carbonyl (C=O) groups excluding carboxylic acids is 1. The van der Waals surface area contributed by atoms with Gasteiger partial charge in [0.25, 0.3) is 0 Å². The summed E-state index contributed by atoms with van der Waals surface area (Å²) in [6, 6.07) is 14.2. The van der Waals surface area contributed by atoms with Gasteiger partial charge in [-0.3, -0.25) is 4.79 Å². The van der Waals surface area contributed by atoms with Crippen LogP contribution in [0.5, 0.6) is 11.5 Å². The van der Waals surface area contributed by atoms with Crippen molar-refractivity contribution in [2.24, 2.45) is 0 Å². The molecule has 0 heterocycles. The summed E-state index contributed by atoms with van der Waals surface area (Å²) < 4.78 is 10.2. The van der Waals surface area contributed by atoms with E-state index in [-0.39, 0.29) is 18.2 Å². The van der Waals surface area contributed by atoms with Gasteiger partial charge in [-0.2, -0.15) is 0 Å². The van der Waals surface area contributed by atoms with Crippen molar-refractivity contribution in [2.75, 3.05) is 14.2 Å². The summed E-state index contributed by atoms with van der Waals surface area (Å²) in [5.74, 6) is 1.29. The van der Waals surface area contributed by atoms with Crippen molar-refractivity contribution < 1.29 is 14.3 Å². The molecule has 3 nitrogen and oxygen atoms in total. The zero-order chi connectivity index (χ0) is 13.0. The minimum atomic E-state index is -0.0483. The van der Waals surface area contributed by atoms with Crippen LogP contribution in [-0.4, -0.2) is 20.0 Å². The first-order chi connectivity index (χ1) is 8.74. The van der Waals surface area contributed by atoms with Crippen LogP contribution in [0.15, 0.2) is 48.5 Å². The Morgan fingerprint density at radius 3 is 1.63 bits per heavy atom. The van der Waals surface area contributed by atoms with Gasteiger partial charge in [-0.05, 0) is 24.3 Å². The average Bonchev–Trinajstić information content (AvgIpc) is 2.46. The monoisotopic (exact) mass is 278 g/mol. The van der Waals surface area contributed by atoms with E-state index < -0.39 is 0 Å². The molecule has 0 radical (unpaired) electrons. The summed E-state index contributed by atoms with van der Waals surface area (Å²) in [5.41, 5.74) is 1.20. The van der Waals surface area contributed by atoms with Gasteiger partial charge >= 0.3 is 0 Å². The molecule has 0 aliphatic heterocycles. The van der Waals surface area contributed by atoms with E-state index in [9.17, 15) is 4.79 Å². The van der Waals surface area contributed by atoms with Gasteiger partial charge in [0, 0.05) is 11.1 Å². The van der Waals surface area contributed by atoms with Crippen LogP contribution in [0.25, 0.3) is 0 Å². The molecule has 2 aromatic rings. The highest BCUT2D eigenvalue weighted by Crippen LogP contribution is 2.19. The van der Waals surface area contributed by atoms with Crippen molar-refractivity contribution in [1.29, 1.82) is 0 Å². The molecular formula is C15H15ClO3. The lowest BCUT2D eigenvalue weighted by Crippen LogP contribution is -2.01. The summed E-state index contributed by atoms with van der Waals surface area (Å²) >= 11 is 0. The molecule has 0 N–H and O–H groups in total. The molecule has 0 amide bonds. The molecule has 0 aromatic heterocycles. The molecule has 0 aliphatic carbocycles. The van der Waals surface area contributed by atoms with E-state index in [1.54, 1.807) is 50.6 Å². The SMILES string of the molecule is COc1cccc(C(=O)c2cccc(OC)c2)c1.Cl. The fourth-order valence-electron chi connectivity index (χ4n) is 1.70. The Kier molecular flexibility index (Phi) is 5.39. The lowest BCUT2D eigenvalue weighted by molar-refractivity contribution is 0.103. The van der Waals surface area contributed by atoms with Crippen LogP contribution in [-0.2, 0) is 0 Å². The van der Waals surface area contributed by atoms with E-state index >= 15 is 0 Å². The van der Waals surface area contributed by atoms with Gasteiger partial charge < -0.3 is 9.47 Å². The number of ether oxygens (including phenoxy) is 2. The molecule has 0 saturated heterocycles. The number of ketones is 1. The third-order valence-corrected chi connectivity index (χ3v) is 2.66. The van der Waals surface area contributed by atoms with E-state index in [1.165, 1.54) is 0 Å². The van der Waals surface area contributed by atoms with Crippen LogP contribution in [0.4, 0.5) is 0 Å². The standard InChI is InChI=1S/C15H14O3.ClH/c1-17-13-7-3-5-11(9-13)15(16)12-6-4-8-14(10-12)18-2;/h3-10H,1-2H3;1H. The van der Waals surface area contributed by atoms with Crippen LogP contribution in [0.3, 0.4) is 0 Å². The molecule has 0 bridgehead atoms. The van der Waals surface area contributed by atoms with Gasteiger partial charge in [0.1, 0.15) is 11.5 Å². The minimum Gasteiger partial charge on any atom is -0.497 e. The lowest BCUT2D eigenvalue weighted by atomic mass is 10.0. The van der Waals surface area contributed by atoms with Gasteiger partial charge in [-0.25, -0.2) is 0 Å². The van der Waals surface area contributed by atoms with Gasteiger partial charge in [0.15, 0.2) is 5.78 Å². The molecule has 0 saturated carbocycles. The lowest BCUT2D eigenvalue weighted by Gasteiger charge is -2.05. The molecular weight excluding hydrogens is 264 g/mol. The number of methoxy groups -OCH3 is 2. The maximum Gasteiger partial charge on any atom is 0.193 e. The van der Waals surface area contributed by atoms with Crippen LogP contribution in [0.1, 0.15) is 15.9 Å². The minimum absolute atomic E-state index is 0. The Balaban J connectivity index is 0.00000180. The number of rotatable bonds is 4. The molecule has 0 atom stereocenters. The number of benzene rings is 2. The van der Waals surface area contributed by atoms with Crippen LogP contribution in [0.2, 0.25) is 0 Å². The quantitative estimate of drug-likeness (QED) is 0.805. The molecule has 0 unspecified atom stereocenters. The molecule has 2 aromatic carbocycles. The van der Waals surface area contributed by atoms with Crippen LogP contribution >= 0.6 is 12.4 Å². The summed E-state index contributed by atoms with van der Waals surface area (Å²) in [7, 11) is 3.16. The molecule has 100 valence electrons. The van der Waals surface area contributed by atoms with Crippen molar-refractivity contribution in [3.8, 4) is 11.5 Å². The molecule has 2 rings (SSSR count). The Morgan fingerprint density at radius 1 is 0.842 bits per heavy atom. The van der Waals surface area contributed by atoms with E-state index in [1.807, 2.05) is 12.1 Å². The number of carbonyl (C=O) groups is 1. The Labute approximate surface area is 118 Å². The van der Waals surface area contributed by atoms with Crippen LogP contribution < -0.4 is 9.47 Å². The molecule has 0 aliphatic rings. The molecule has 0 fully saturated rings. The van der Waals surface area contributed by atoms with Gasteiger partial charge in [-0.15, -0.1) is 12.4 Å². The highest BCUT2D eigenvalue weighted by atomic mass is 35.5. The number of hydrogen-bond acceptors (Lipinski definition) is 3. The van der Waals surface area contributed by atoms with E-state index in [4.69, 9.17) is 9.47 Å². The van der Waals surface area contributed by atoms with E-state index in [0.29, 0.717) is 22.6 Å². The summed E-state index contributed by atoms with van der Waals surface area (Å²) in [5, 5.41) is 0. The molecule has 4 heteroatoms. The topological polar surface area (TPSA) is 35.5 Å². The summed E-state index contributed by atoms with van der Waals surface area (Å²) in [6.07, 6.45) is 0. The van der Waals surface area contributed by atoms with Crippen molar-refractivity contribution in [1.82, 2.24) is 0 Å². The predicted molar refractivity (Wildman–Crippen MR) is 76.7 cm³/mol. The van der Waals surface area contributed by atoms with Gasteiger partial charge in [0.05, 0.1) is 14.2 Å². The maximum atomic E-state index is 12.3. The number of halogens is 1. The normalized spacial score (nSPS) is 9.37. The fraction of sp³-hybridized carbons (Fsp3) is 0.133. The van der Waals surface area contributed by atoms with Crippen molar-refractivity contribution in [3.05, 3.63) is 59.7 Å².